The average molecular weight is 304 g/mol. The summed E-state index contributed by atoms with van der Waals surface area (Å²) in [5.41, 5.74) is 0.924. The van der Waals surface area contributed by atoms with Crippen molar-refractivity contribution < 1.29 is 9.53 Å². The maximum atomic E-state index is 12.3. The number of benzene rings is 1. The number of hydrogen-bond donors (Lipinski definition) is 0. The van der Waals surface area contributed by atoms with Gasteiger partial charge in [0.2, 0.25) is 0 Å². The summed E-state index contributed by atoms with van der Waals surface area (Å²) in [6.07, 6.45) is 4.61. The number of hydrogen-bond acceptors (Lipinski definition) is 4. The number of carbonyl (C=O) groups is 1. The fourth-order valence-corrected chi connectivity index (χ4v) is 3.58. The topological polar surface area (TPSA) is 42.4 Å². The fraction of sp³-hybridized carbons (Fsp3) is 0.500. The summed E-state index contributed by atoms with van der Waals surface area (Å²) in [5.74, 6) is 0.0728. The molecule has 2 heterocycles. The van der Waals surface area contributed by atoms with Crippen molar-refractivity contribution in [1.29, 1.82) is 0 Å². The van der Waals surface area contributed by atoms with E-state index in [1.807, 2.05) is 29.2 Å². The maximum Gasteiger partial charge on any atom is 0.274 e. The molecule has 2 aromatic rings. The Labute approximate surface area is 128 Å². The molecule has 0 bridgehead atoms. The Bertz CT molecular complexity index is 593. The van der Waals surface area contributed by atoms with Crippen molar-refractivity contribution in [3.8, 4) is 5.19 Å². The predicted molar refractivity (Wildman–Crippen MR) is 84.8 cm³/mol. The molecule has 1 amide bonds. The van der Waals surface area contributed by atoms with Crippen LogP contribution in [0.4, 0.5) is 0 Å². The minimum atomic E-state index is 0.0728. The van der Waals surface area contributed by atoms with E-state index in [9.17, 15) is 4.79 Å². The fourth-order valence-electron chi connectivity index (χ4n) is 2.76. The van der Waals surface area contributed by atoms with E-state index in [2.05, 4.69) is 11.9 Å². The summed E-state index contributed by atoms with van der Waals surface area (Å²) in [4.78, 5) is 18.7. The lowest BCUT2D eigenvalue weighted by Crippen LogP contribution is -2.41. The third kappa shape index (κ3) is 3.35. The van der Waals surface area contributed by atoms with Gasteiger partial charge in [0.05, 0.1) is 10.2 Å². The number of rotatable bonds is 3. The van der Waals surface area contributed by atoms with Gasteiger partial charge in [0.1, 0.15) is 0 Å². The van der Waals surface area contributed by atoms with Crippen molar-refractivity contribution in [3.05, 3.63) is 24.3 Å². The molecule has 4 nitrogen and oxygen atoms in total. The number of para-hydroxylation sites is 1. The second-order valence-electron chi connectivity index (χ2n) is 5.52. The van der Waals surface area contributed by atoms with Crippen molar-refractivity contribution in [2.75, 3.05) is 13.2 Å². The molecule has 1 aliphatic rings. The molecule has 0 radical (unpaired) electrons. The number of carbonyl (C=O) groups excluding carboxylic acids is 1. The van der Waals surface area contributed by atoms with Gasteiger partial charge in [-0.2, -0.15) is 0 Å². The molecule has 5 heteroatoms. The molecule has 1 saturated heterocycles. The predicted octanol–water partition coefficient (Wildman–Crippen LogP) is 3.47. The highest BCUT2D eigenvalue weighted by Crippen LogP contribution is 2.27. The summed E-state index contributed by atoms with van der Waals surface area (Å²) >= 11 is 1.49. The van der Waals surface area contributed by atoms with Crippen molar-refractivity contribution in [3.63, 3.8) is 0 Å². The smallest absolute Gasteiger partial charge is 0.274 e. The van der Waals surface area contributed by atoms with Crippen LogP contribution in [-0.4, -0.2) is 35.0 Å². The van der Waals surface area contributed by atoms with Gasteiger partial charge in [-0.3, -0.25) is 4.79 Å². The lowest BCUT2D eigenvalue weighted by Gasteiger charge is -2.26. The van der Waals surface area contributed by atoms with Crippen molar-refractivity contribution in [1.82, 2.24) is 9.88 Å². The monoisotopic (exact) mass is 304 g/mol. The molecule has 112 valence electrons. The zero-order chi connectivity index (χ0) is 14.7. The van der Waals surface area contributed by atoms with Crippen molar-refractivity contribution in [2.45, 2.75) is 38.6 Å². The van der Waals surface area contributed by atoms with Crippen LogP contribution in [0.15, 0.2) is 24.3 Å². The van der Waals surface area contributed by atoms with E-state index in [4.69, 9.17) is 4.74 Å². The van der Waals surface area contributed by atoms with Crippen LogP contribution < -0.4 is 4.74 Å². The summed E-state index contributed by atoms with van der Waals surface area (Å²) in [7, 11) is 0. The van der Waals surface area contributed by atoms with Gasteiger partial charge in [0, 0.05) is 12.6 Å². The van der Waals surface area contributed by atoms with Crippen LogP contribution in [0.2, 0.25) is 0 Å². The first-order valence-electron chi connectivity index (χ1n) is 7.52. The lowest BCUT2D eigenvalue weighted by molar-refractivity contribution is -0.135. The highest BCUT2D eigenvalue weighted by molar-refractivity contribution is 7.20. The molecular formula is C16H20N2O2S. The van der Waals surface area contributed by atoms with Crippen LogP contribution in [0.3, 0.4) is 0 Å². The number of fused-ring (bicyclic) bond motifs is 1. The number of aromatic nitrogens is 1. The molecule has 1 aromatic heterocycles. The highest BCUT2D eigenvalue weighted by atomic mass is 32.1. The summed E-state index contributed by atoms with van der Waals surface area (Å²) in [6, 6.07) is 8.22. The van der Waals surface area contributed by atoms with E-state index >= 15 is 0 Å². The van der Waals surface area contributed by atoms with Gasteiger partial charge in [-0.1, -0.05) is 36.3 Å². The molecule has 0 spiro atoms. The van der Waals surface area contributed by atoms with Crippen LogP contribution in [0.5, 0.6) is 5.19 Å². The molecule has 1 aromatic carbocycles. The molecule has 1 fully saturated rings. The Morgan fingerprint density at radius 1 is 1.38 bits per heavy atom. The van der Waals surface area contributed by atoms with Crippen LogP contribution in [0.1, 0.15) is 32.6 Å². The summed E-state index contributed by atoms with van der Waals surface area (Å²) in [5, 5.41) is 0.576. The third-order valence-corrected chi connectivity index (χ3v) is 4.92. The van der Waals surface area contributed by atoms with E-state index in [0.29, 0.717) is 11.2 Å². The van der Waals surface area contributed by atoms with Crippen molar-refractivity contribution >= 4 is 27.5 Å². The Balaban J connectivity index is 1.62. The molecule has 0 N–H and O–H groups in total. The van der Waals surface area contributed by atoms with E-state index < -0.39 is 0 Å². The van der Waals surface area contributed by atoms with Gasteiger partial charge in [0.25, 0.3) is 11.1 Å². The van der Waals surface area contributed by atoms with Crippen LogP contribution in [0.25, 0.3) is 10.2 Å². The van der Waals surface area contributed by atoms with Crippen LogP contribution >= 0.6 is 11.3 Å². The molecule has 1 atom stereocenters. The van der Waals surface area contributed by atoms with Crippen molar-refractivity contribution in [2.24, 2.45) is 0 Å². The normalized spacial score (nSPS) is 19.5. The molecule has 0 aliphatic carbocycles. The van der Waals surface area contributed by atoms with Crippen LogP contribution in [-0.2, 0) is 4.79 Å². The van der Waals surface area contributed by atoms with Gasteiger partial charge in [-0.15, -0.1) is 0 Å². The Morgan fingerprint density at radius 3 is 3.10 bits per heavy atom. The minimum absolute atomic E-state index is 0.0728. The highest BCUT2D eigenvalue weighted by Gasteiger charge is 2.22. The molecule has 21 heavy (non-hydrogen) atoms. The zero-order valence-corrected chi connectivity index (χ0v) is 13.1. The second-order valence-corrected chi connectivity index (χ2v) is 6.51. The van der Waals surface area contributed by atoms with Gasteiger partial charge >= 0.3 is 0 Å². The number of nitrogens with zero attached hydrogens (tertiary/aromatic N) is 2. The van der Waals surface area contributed by atoms with E-state index in [1.54, 1.807) is 0 Å². The SMILES string of the molecule is CC1CCCCCN1C(=O)COc1nc2ccccc2s1. The average Bonchev–Trinajstić information content (AvgIpc) is 2.79. The van der Waals surface area contributed by atoms with Crippen LogP contribution in [0, 0.1) is 0 Å². The van der Waals surface area contributed by atoms with Gasteiger partial charge in [-0.25, -0.2) is 4.98 Å². The third-order valence-electron chi connectivity index (χ3n) is 3.97. The Hall–Kier alpha value is -1.62. The molecule has 0 saturated carbocycles. The first-order chi connectivity index (χ1) is 10.2. The largest absolute Gasteiger partial charge is 0.460 e. The molecule has 3 rings (SSSR count). The maximum absolute atomic E-state index is 12.3. The lowest BCUT2D eigenvalue weighted by atomic mass is 10.1. The first-order valence-corrected chi connectivity index (χ1v) is 8.33. The van der Waals surface area contributed by atoms with Gasteiger partial charge in [0.15, 0.2) is 6.61 Å². The standard InChI is InChI=1S/C16H20N2O2S/c1-12-7-3-2-6-10-18(12)15(19)11-20-16-17-13-8-4-5-9-14(13)21-16/h4-5,8-9,12H,2-3,6-7,10-11H2,1H3. The van der Waals surface area contributed by atoms with Gasteiger partial charge in [-0.05, 0) is 31.9 Å². The molecule has 1 unspecified atom stereocenters. The minimum Gasteiger partial charge on any atom is -0.460 e. The molecular weight excluding hydrogens is 284 g/mol. The summed E-state index contributed by atoms with van der Waals surface area (Å²) in [6.45, 7) is 3.06. The number of amides is 1. The first kappa shape index (κ1) is 14.3. The van der Waals surface area contributed by atoms with Gasteiger partial charge < -0.3 is 9.64 Å². The van der Waals surface area contributed by atoms with E-state index in [0.717, 1.165) is 29.6 Å². The Morgan fingerprint density at radius 2 is 2.24 bits per heavy atom. The van der Waals surface area contributed by atoms with E-state index in [-0.39, 0.29) is 12.5 Å². The quantitative estimate of drug-likeness (QED) is 0.872. The Kier molecular flexibility index (Phi) is 4.39. The number of likely N-dealkylation sites (tertiary alicyclic amines) is 1. The second kappa shape index (κ2) is 6.43. The number of thiazole rings is 1. The summed E-state index contributed by atoms with van der Waals surface area (Å²) < 4.78 is 6.70. The zero-order valence-electron chi connectivity index (χ0n) is 12.2. The number of ether oxygens (including phenoxy) is 1. The molecule has 1 aliphatic heterocycles. The van der Waals surface area contributed by atoms with E-state index in [1.165, 1.54) is 24.2 Å².